The Morgan fingerprint density at radius 1 is 0.885 bits per heavy atom. The molecule has 1 aromatic carbocycles. The van der Waals surface area contributed by atoms with E-state index < -0.39 is 0 Å². The Morgan fingerprint density at radius 2 is 1.58 bits per heavy atom. The Kier molecular flexibility index (Phi) is 9.81. The number of carbonyl (C=O) groups excluding carboxylic acids is 1. The van der Waals surface area contributed by atoms with Crippen molar-refractivity contribution in [1.82, 2.24) is 0 Å². The molecule has 2 rings (SSSR count). The summed E-state index contributed by atoms with van der Waals surface area (Å²) in [4.78, 5) is 12.5. The summed E-state index contributed by atoms with van der Waals surface area (Å²) in [6.45, 7) is 5.27. The van der Waals surface area contributed by atoms with Gasteiger partial charge in [0.1, 0.15) is 11.5 Å². The molecule has 2 nitrogen and oxygen atoms in total. The molecular weight excluding hydrogens is 320 g/mol. The van der Waals surface area contributed by atoms with Crippen LogP contribution in [0, 0.1) is 5.92 Å². The molecule has 0 saturated heterocycles. The Bertz CT molecular complexity index is 505. The fraction of sp³-hybridized carbons (Fsp3) is 0.708. The van der Waals surface area contributed by atoms with Gasteiger partial charge in [-0.15, -0.1) is 0 Å². The topological polar surface area (TPSA) is 26.3 Å². The molecular formula is C24H38O2. The molecule has 2 heteroatoms. The van der Waals surface area contributed by atoms with E-state index in [1.54, 1.807) is 0 Å². The highest BCUT2D eigenvalue weighted by molar-refractivity contribution is 5.86. The predicted molar refractivity (Wildman–Crippen MR) is 110 cm³/mol. The number of rotatable bonds is 12. The minimum absolute atomic E-state index is 0.112. The van der Waals surface area contributed by atoms with Gasteiger partial charge in [-0.3, -0.25) is 4.79 Å². The molecule has 1 saturated carbocycles. The molecule has 1 aromatic rings. The predicted octanol–water partition coefficient (Wildman–Crippen LogP) is 7.07. The van der Waals surface area contributed by atoms with Gasteiger partial charge in [-0.2, -0.15) is 0 Å². The van der Waals surface area contributed by atoms with Crippen molar-refractivity contribution in [3.05, 3.63) is 29.8 Å². The Hall–Kier alpha value is -1.31. The van der Waals surface area contributed by atoms with Gasteiger partial charge in [-0.25, -0.2) is 0 Å². The van der Waals surface area contributed by atoms with Crippen molar-refractivity contribution < 1.29 is 9.53 Å². The molecule has 1 aliphatic rings. The Balaban J connectivity index is 1.71. The van der Waals surface area contributed by atoms with Gasteiger partial charge in [0.25, 0.3) is 0 Å². The third-order valence-corrected chi connectivity index (χ3v) is 5.76. The van der Waals surface area contributed by atoms with E-state index in [1.165, 1.54) is 63.4 Å². The minimum atomic E-state index is 0.112. The fourth-order valence-corrected chi connectivity index (χ4v) is 4.05. The van der Waals surface area contributed by atoms with Crippen LogP contribution in [-0.4, -0.2) is 12.4 Å². The van der Waals surface area contributed by atoms with E-state index in [0.29, 0.717) is 11.7 Å². The van der Waals surface area contributed by atoms with Gasteiger partial charge in [0.05, 0.1) is 6.61 Å². The van der Waals surface area contributed by atoms with Crippen LogP contribution in [0.4, 0.5) is 0 Å². The molecule has 0 amide bonds. The van der Waals surface area contributed by atoms with Crippen molar-refractivity contribution >= 4 is 5.78 Å². The van der Waals surface area contributed by atoms with Crippen molar-refractivity contribution in [3.8, 4) is 5.75 Å². The SMILES string of the molecule is CCCCCCCCOc1ccc([C@@H]2CC[C@@H](CCCC)CC2=O)cc1. The molecule has 0 heterocycles. The van der Waals surface area contributed by atoms with Crippen LogP contribution in [0.25, 0.3) is 0 Å². The summed E-state index contributed by atoms with van der Waals surface area (Å²) in [5.41, 5.74) is 1.18. The van der Waals surface area contributed by atoms with Gasteiger partial charge < -0.3 is 4.74 Å². The first-order chi connectivity index (χ1) is 12.7. The lowest BCUT2D eigenvalue weighted by atomic mass is 9.76. The standard InChI is InChI=1S/C24H38O2/c1-3-5-7-8-9-10-18-26-22-15-13-21(14-16-22)23-17-12-20(11-6-4-2)19-24(23)25/h13-16,20,23H,3-12,17-19H2,1-2H3/t20-,23+/m1/s1. The number of benzene rings is 1. The first-order valence-corrected chi connectivity index (χ1v) is 11.0. The van der Waals surface area contributed by atoms with E-state index in [2.05, 4.69) is 26.0 Å². The van der Waals surface area contributed by atoms with Crippen molar-refractivity contribution in [2.45, 2.75) is 96.8 Å². The maximum absolute atomic E-state index is 12.5. The van der Waals surface area contributed by atoms with Crippen molar-refractivity contribution in [1.29, 1.82) is 0 Å². The molecule has 146 valence electrons. The summed E-state index contributed by atoms with van der Waals surface area (Å²) >= 11 is 0. The monoisotopic (exact) mass is 358 g/mol. The van der Waals surface area contributed by atoms with Crippen LogP contribution in [0.1, 0.15) is 102 Å². The minimum Gasteiger partial charge on any atom is -0.494 e. The fourth-order valence-electron chi connectivity index (χ4n) is 4.05. The molecule has 1 aliphatic carbocycles. The van der Waals surface area contributed by atoms with Crippen LogP contribution in [0.2, 0.25) is 0 Å². The van der Waals surface area contributed by atoms with E-state index >= 15 is 0 Å². The lowest BCUT2D eigenvalue weighted by Crippen LogP contribution is -2.23. The second-order valence-corrected chi connectivity index (χ2v) is 7.99. The van der Waals surface area contributed by atoms with Crippen molar-refractivity contribution in [3.63, 3.8) is 0 Å². The summed E-state index contributed by atoms with van der Waals surface area (Å²) < 4.78 is 5.86. The first kappa shape index (κ1) is 21.0. The number of unbranched alkanes of at least 4 members (excludes halogenated alkanes) is 6. The third kappa shape index (κ3) is 7.13. The third-order valence-electron chi connectivity index (χ3n) is 5.76. The van der Waals surface area contributed by atoms with E-state index in [-0.39, 0.29) is 5.92 Å². The van der Waals surface area contributed by atoms with E-state index in [4.69, 9.17) is 4.74 Å². The molecule has 0 bridgehead atoms. The molecule has 2 atom stereocenters. The second-order valence-electron chi connectivity index (χ2n) is 7.99. The second kappa shape index (κ2) is 12.1. The molecule has 0 N–H and O–H groups in total. The first-order valence-electron chi connectivity index (χ1n) is 11.0. The molecule has 0 aromatic heterocycles. The van der Waals surface area contributed by atoms with E-state index in [1.807, 2.05) is 12.1 Å². The number of Topliss-reactive ketones (excluding diaryl/α,β-unsaturated/α-hetero) is 1. The normalized spacial score (nSPS) is 20.3. The largest absolute Gasteiger partial charge is 0.494 e. The van der Waals surface area contributed by atoms with Gasteiger partial charge in [0, 0.05) is 12.3 Å². The van der Waals surface area contributed by atoms with Crippen LogP contribution in [0.15, 0.2) is 24.3 Å². The molecule has 1 fully saturated rings. The lowest BCUT2D eigenvalue weighted by Gasteiger charge is -2.27. The number of hydrogen-bond acceptors (Lipinski definition) is 2. The van der Waals surface area contributed by atoms with Crippen LogP contribution in [0.3, 0.4) is 0 Å². The zero-order chi connectivity index (χ0) is 18.6. The zero-order valence-electron chi connectivity index (χ0n) is 17.0. The van der Waals surface area contributed by atoms with Gasteiger partial charge in [0.15, 0.2) is 0 Å². The molecule has 0 aliphatic heterocycles. The van der Waals surface area contributed by atoms with Gasteiger partial charge in [-0.05, 0) is 42.9 Å². The van der Waals surface area contributed by atoms with Crippen LogP contribution >= 0.6 is 0 Å². The molecule has 0 spiro atoms. The summed E-state index contributed by atoms with van der Waals surface area (Å²) in [5, 5.41) is 0. The lowest BCUT2D eigenvalue weighted by molar-refractivity contribution is -0.123. The number of carbonyl (C=O) groups is 1. The summed E-state index contributed by atoms with van der Waals surface area (Å²) in [7, 11) is 0. The molecule has 0 unspecified atom stereocenters. The molecule has 0 radical (unpaired) electrons. The number of ketones is 1. The number of ether oxygens (including phenoxy) is 1. The zero-order valence-corrected chi connectivity index (χ0v) is 17.0. The number of hydrogen-bond donors (Lipinski definition) is 0. The summed E-state index contributed by atoms with van der Waals surface area (Å²) in [6, 6.07) is 8.29. The highest BCUT2D eigenvalue weighted by atomic mass is 16.5. The summed E-state index contributed by atoms with van der Waals surface area (Å²) in [5.74, 6) is 2.11. The highest BCUT2D eigenvalue weighted by Crippen LogP contribution is 2.35. The van der Waals surface area contributed by atoms with Crippen LogP contribution in [-0.2, 0) is 4.79 Å². The van der Waals surface area contributed by atoms with Crippen molar-refractivity contribution in [2.24, 2.45) is 5.92 Å². The quantitative estimate of drug-likeness (QED) is 0.373. The smallest absolute Gasteiger partial charge is 0.140 e. The van der Waals surface area contributed by atoms with Gasteiger partial charge in [-0.1, -0.05) is 77.3 Å². The average Bonchev–Trinajstić information content (AvgIpc) is 2.66. The molecule has 26 heavy (non-hydrogen) atoms. The van der Waals surface area contributed by atoms with E-state index in [9.17, 15) is 4.79 Å². The van der Waals surface area contributed by atoms with Crippen molar-refractivity contribution in [2.75, 3.05) is 6.61 Å². The average molecular weight is 359 g/mol. The van der Waals surface area contributed by atoms with E-state index in [0.717, 1.165) is 31.6 Å². The maximum atomic E-state index is 12.5. The highest BCUT2D eigenvalue weighted by Gasteiger charge is 2.29. The maximum Gasteiger partial charge on any atom is 0.140 e. The summed E-state index contributed by atoms with van der Waals surface area (Å²) in [6.07, 6.45) is 14.4. The van der Waals surface area contributed by atoms with Crippen LogP contribution < -0.4 is 4.74 Å². The van der Waals surface area contributed by atoms with Gasteiger partial charge in [0.2, 0.25) is 0 Å². The van der Waals surface area contributed by atoms with Crippen LogP contribution in [0.5, 0.6) is 5.75 Å². The Morgan fingerprint density at radius 3 is 2.27 bits per heavy atom. The Labute approximate surface area is 160 Å². The van der Waals surface area contributed by atoms with Gasteiger partial charge >= 0.3 is 0 Å².